The topological polar surface area (TPSA) is 67.8 Å². The Morgan fingerprint density at radius 2 is 1.62 bits per heavy atom. The number of amides is 1. The molecule has 2 heterocycles. The summed E-state index contributed by atoms with van der Waals surface area (Å²) in [6.45, 7) is 0. The van der Waals surface area contributed by atoms with Crippen molar-refractivity contribution >= 4 is 45.6 Å². The van der Waals surface area contributed by atoms with Crippen LogP contribution in [0.15, 0.2) is 12.1 Å². The molecule has 0 saturated heterocycles. The summed E-state index contributed by atoms with van der Waals surface area (Å²) in [4.78, 5) is 16.3. The van der Waals surface area contributed by atoms with E-state index >= 15 is 0 Å². The minimum absolute atomic E-state index is 0.189. The molecular formula is C18H18Cl2N4OS. The highest BCUT2D eigenvalue weighted by Gasteiger charge is 2.53. The van der Waals surface area contributed by atoms with Crippen molar-refractivity contribution in [2.75, 3.05) is 5.32 Å². The fourth-order valence-electron chi connectivity index (χ4n) is 5.63. The first kappa shape index (κ1) is 16.9. The standard InChI is InChI=1S/C18H18Cl2N4OS/c19-13-4-12(5-14(20)21-13)15(25)22-17-24-23-16(26-17)18-6-9-1-10(7-18)3-11(2-9)8-18/h4-5,9-11H,1-3,6-8H2,(H,22,24,25). The van der Waals surface area contributed by atoms with Gasteiger partial charge in [0.25, 0.3) is 5.91 Å². The molecule has 0 aromatic carbocycles. The van der Waals surface area contributed by atoms with Gasteiger partial charge in [0, 0.05) is 11.0 Å². The maximum Gasteiger partial charge on any atom is 0.257 e. The van der Waals surface area contributed by atoms with Gasteiger partial charge in [0.1, 0.15) is 15.3 Å². The largest absolute Gasteiger partial charge is 0.296 e. The number of carbonyl (C=O) groups is 1. The summed E-state index contributed by atoms with van der Waals surface area (Å²) >= 11 is 13.3. The van der Waals surface area contributed by atoms with Crippen molar-refractivity contribution < 1.29 is 4.79 Å². The van der Waals surface area contributed by atoms with E-state index in [1.165, 1.54) is 62.0 Å². The van der Waals surface area contributed by atoms with Crippen LogP contribution >= 0.6 is 34.5 Å². The number of nitrogens with one attached hydrogen (secondary N) is 1. The lowest BCUT2D eigenvalue weighted by molar-refractivity contribution is -0.00555. The zero-order chi connectivity index (χ0) is 17.9. The molecule has 1 amide bonds. The molecule has 2 aromatic heterocycles. The van der Waals surface area contributed by atoms with Crippen molar-refractivity contribution in [2.24, 2.45) is 17.8 Å². The van der Waals surface area contributed by atoms with E-state index in [-0.39, 0.29) is 21.6 Å². The number of nitrogens with zero attached hydrogens (tertiary/aromatic N) is 3. The predicted molar refractivity (Wildman–Crippen MR) is 102 cm³/mol. The van der Waals surface area contributed by atoms with Crippen LogP contribution in [0, 0.1) is 17.8 Å². The fraction of sp³-hybridized carbons (Fsp3) is 0.556. The zero-order valence-electron chi connectivity index (χ0n) is 14.0. The minimum atomic E-state index is -0.301. The normalized spacial score (nSPS) is 32.0. The Morgan fingerprint density at radius 3 is 2.19 bits per heavy atom. The molecule has 4 fully saturated rings. The highest BCUT2D eigenvalue weighted by molar-refractivity contribution is 7.15. The Morgan fingerprint density at radius 1 is 1.04 bits per heavy atom. The number of hydrogen-bond acceptors (Lipinski definition) is 5. The highest BCUT2D eigenvalue weighted by atomic mass is 35.5. The Hall–Kier alpha value is -1.24. The highest BCUT2D eigenvalue weighted by Crippen LogP contribution is 2.61. The average Bonchev–Trinajstić information content (AvgIpc) is 3.02. The van der Waals surface area contributed by atoms with Crippen LogP contribution in [0.1, 0.15) is 53.9 Å². The maximum absolute atomic E-state index is 12.5. The van der Waals surface area contributed by atoms with E-state index in [1.54, 1.807) is 0 Å². The Bertz CT molecular complexity index is 828. The van der Waals surface area contributed by atoms with Crippen LogP contribution in [-0.2, 0) is 5.41 Å². The van der Waals surface area contributed by atoms with Gasteiger partial charge in [-0.2, -0.15) is 0 Å². The van der Waals surface area contributed by atoms with Crippen LogP contribution in [0.2, 0.25) is 10.3 Å². The Labute approximate surface area is 165 Å². The fourth-order valence-corrected chi connectivity index (χ4v) is 7.04. The smallest absolute Gasteiger partial charge is 0.257 e. The molecule has 26 heavy (non-hydrogen) atoms. The first-order chi connectivity index (χ1) is 12.5. The van der Waals surface area contributed by atoms with Gasteiger partial charge in [0.2, 0.25) is 5.13 Å². The van der Waals surface area contributed by atoms with Crippen molar-refractivity contribution in [2.45, 2.75) is 43.9 Å². The lowest BCUT2D eigenvalue weighted by Crippen LogP contribution is -2.48. The molecule has 136 valence electrons. The lowest BCUT2D eigenvalue weighted by Gasteiger charge is -2.55. The van der Waals surface area contributed by atoms with Crippen LogP contribution in [-0.4, -0.2) is 21.1 Å². The number of carbonyl (C=O) groups excluding carboxylic acids is 1. The number of aromatic nitrogens is 3. The second-order valence-corrected chi connectivity index (χ2v) is 9.82. The van der Waals surface area contributed by atoms with Crippen LogP contribution in [0.5, 0.6) is 0 Å². The van der Waals surface area contributed by atoms with E-state index in [4.69, 9.17) is 23.2 Å². The quantitative estimate of drug-likeness (QED) is 0.728. The molecule has 0 atom stereocenters. The summed E-state index contributed by atoms with van der Waals surface area (Å²) in [5, 5.41) is 13.5. The number of halogens is 2. The van der Waals surface area contributed by atoms with Crippen molar-refractivity contribution in [3.8, 4) is 0 Å². The summed E-state index contributed by atoms with van der Waals surface area (Å²) < 4.78 is 0. The lowest BCUT2D eigenvalue weighted by atomic mass is 9.50. The van der Waals surface area contributed by atoms with Gasteiger partial charge < -0.3 is 0 Å². The van der Waals surface area contributed by atoms with E-state index in [9.17, 15) is 4.79 Å². The Kier molecular flexibility index (Phi) is 3.99. The number of rotatable bonds is 3. The maximum atomic E-state index is 12.5. The molecule has 0 radical (unpaired) electrons. The third kappa shape index (κ3) is 2.92. The summed E-state index contributed by atoms with van der Waals surface area (Å²) in [6, 6.07) is 2.98. The van der Waals surface area contributed by atoms with Crippen LogP contribution in [0.3, 0.4) is 0 Å². The van der Waals surface area contributed by atoms with Gasteiger partial charge in [-0.1, -0.05) is 34.5 Å². The van der Waals surface area contributed by atoms with Crippen molar-refractivity contribution in [3.63, 3.8) is 0 Å². The van der Waals surface area contributed by atoms with E-state index in [0.717, 1.165) is 22.8 Å². The van der Waals surface area contributed by atoms with Gasteiger partial charge in [-0.15, -0.1) is 10.2 Å². The molecule has 2 aromatic rings. The average molecular weight is 409 g/mol. The summed E-state index contributed by atoms with van der Waals surface area (Å²) in [7, 11) is 0. The number of hydrogen-bond donors (Lipinski definition) is 1. The van der Waals surface area contributed by atoms with Gasteiger partial charge in [-0.05, 0) is 68.4 Å². The predicted octanol–water partition coefficient (Wildman–Crippen LogP) is 4.96. The molecule has 6 rings (SSSR count). The van der Waals surface area contributed by atoms with Crippen LogP contribution in [0.4, 0.5) is 5.13 Å². The molecular weight excluding hydrogens is 391 g/mol. The monoisotopic (exact) mass is 408 g/mol. The number of pyridine rings is 1. The van der Waals surface area contributed by atoms with Crippen molar-refractivity contribution in [1.82, 2.24) is 15.2 Å². The van der Waals surface area contributed by atoms with Gasteiger partial charge in [0.15, 0.2) is 0 Å². The van der Waals surface area contributed by atoms with Gasteiger partial charge >= 0.3 is 0 Å². The molecule has 8 heteroatoms. The third-order valence-corrected chi connectivity index (χ3v) is 7.63. The molecule has 0 unspecified atom stereocenters. The molecule has 0 aliphatic heterocycles. The molecule has 4 aliphatic rings. The first-order valence-electron chi connectivity index (χ1n) is 8.97. The summed E-state index contributed by atoms with van der Waals surface area (Å²) in [5.74, 6) is 2.25. The van der Waals surface area contributed by atoms with Gasteiger partial charge in [-0.3, -0.25) is 10.1 Å². The SMILES string of the molecule is O=C(Nc1nnc(C23CC4CC(CC(C4)C2)C3)s1)c1cc(Cl)nc(Cl)c1. The summed E-state index contributed by atoms with van der Waals surface area (Å²) in [6.07, 6.45) is 7.88. The number of anilines is 1. The second kappa shape index (κ2) is 6.14. The first-order valence-corrected chi connectivity index (χ1v) is 10.5. The van der Waals surface area contributed by atoms with E-state index in [1.807, 2.05) is 0 Å². The van der Waals surface area contributed by atoms with E-state index < -0.39 is 0 Å². The van der Waals surface area contributed by atoms with Crippen LogP contribution < -0.4 is 5.32 Å². The molecule has 4 bridgehead atoms. The van der Waals surface area contributed by atoms with Gasteiger partial charge in [0.05, 0.1) is 0 Å². The minimum Gasteiger partial charge on any atom is -0.296 e. The molecule has 1 N–H and O–H groups in total. The summed E-state index contributed by atoms with van der Waals surface area (Å²) in [5.41, 5.74) is 0.556. The molecule has 0 spiro atoms. The molecule has 4 aliphatic carbocycles. The Balaban J connectivity index is 1.37. The molecule has 4 saturated carbocycles. The van der Waals surface area contributed by atoms with Crippen molar-refractivity contribution in [1.29, 1.82) is 0 Å². The van der Waals surface area contributed by atoms with E-state index in [2.05, 4.69) is 20.5 Å². The van der Waals surface area contributed by atoms with Crippen LogP contribution in [0.25, 0.3) is 0 Å². The third-order valence-electron chi connectivity index (χ3n) is 6.16. The van der Waals surface area contributed by atoms with Crippen molar-refractivity contribution in [3.05, 3.63) is 33.0 Å². The second-order valence-electron chi connectivity index (χ2n) is 8.07. The zero-order valence-corrected chi connectivity index (χ0v) is 16.4. The van der Waals surface area contributed by atoms with Gasteiger partial charge in [-0.25, -0.2) is 4.98 Å². The van der Waals surface area contributed by atoms with E-state index in [0.29, 0.717) is 10.7 Å². The molecule has 5 nitrogen and oxygen atoms in total.